The lowest BCUT2D eigenvalue weighted by atomic mass is 9.68. The van der Waals surface area contributed by atoms with Gasteiger partial charge in [0.05, 0.1) is 23.6 Å². The minimum atomic E-state index is -1.54. The van der Waals surface area contributed by atoms with Gasteiger partial charge in [0.25, 0.3) is 0 Å². The molecule has 1 aromatic heterocycles. The quantitative estimate of drug-likeness (QED) is 0.619. The van der Waals surface area contributed by atoms with Crippen LogP contribution in [0.25, 0.3) is 5.69 Å². The fraction of sp³-hybridized carbons (Fsp3) is 0.208. The number of para-hydroxylation sites is 1. The maximum Gasteiger partial charge on any atom is 0.341 e. The first-order valence-corrected chi connectivity index (χ1v) is 10.3. The van der Waals surface area contributed by atoms with E-state index in [1.165, 1.54) is 0 Å². The molecule has 3 heterocycles. The van der Waals surface area contributed by atoms with Crippen LogP contribution in [0.3, 0.4) is 0 Å². The third-order valence-corrected chi connectivity index (χ3v) is 5.87. The number of carbonyl (C=O) groups is 2. The SMILES string of the molecule is CCOC(=O)C1=C(N)Oc2c(c(C)nn2-c2ccccc2)C12C(=O)Nc1ccc(C)cc12. The summed E-state index contributed by atoms with van der Waals surface area (Å²) in [5, 5.41) is 7.58. The van der Waals surface area contributed by atoms with Crippen molar-refractivity contribution < 1.29 is 19.1 Å². The number of hydrogen-bond donors (Lipinski definition) is 2. The van der Waals surface area contributed by atoms with E-state index in [1.807, 2.05) is 55.5 Å². The number of rotatable bonds is 3. The highest BCUT2D eigenvalue weighted by molar-refractivity contribution is 6.17. The first-order chi connectivity index (χ1) is 15.4. The van der Waals surface area contributed by atoms with Crippen molar-refractivity contribution in [2.24, 2.45) is 5.73 Å². The average Bonchev–Trinajstić information content (AvgIpc) is 3.24. The van der Waals surface area contributed by atoms with Gasteiger partial charge >= 0.3 is 5.97 Å². The highest BCUT2D eigenvalue weighted by atomic mass is 16.5. The standard InChI is InChI=1S/C24H22N4O4/c1-4-31-22(29)19-20(25)32-21-18(14(3)27-28(21)15-8-6-5-7-9-15)24(19)16-12-13(2)10-11-17(16)26-23(24)30/h5-12H,4,25H2,1-3H3,(H,26,30). The highest BCUT2D eigenvalue weighted by Gasteiger charge is 2.60. The maximum atomic E-state index is 13.7. The summed E-state index contributed by atoms with van der Waals surface area (Å²) in [7, 11) is 0. The fourth-order valence-corrected chi connectivity index (χ4v) is 4.61. The molecule has 3 aromatic rings. The lowest BCUT2D eigenvalue weighted by molar-refractivity contribution is -0.140. The van der Waals surface area contributed by atoms with Crippen LogP contribution in [-0.4, -0.2) is 28.3 Å². The molecule has 0 saturated carbocycles. The van der Waals surface area contributed by atoms with E-state index in [-0.39, 0.29) is 18.1 Å². The van der Waals surface area contributed by atoms with Crippen LogP contribution in [0.15, 0.2) is 60.0 Å². The van der Waals surface area contributed by atoms with E-state index >= 15 is 0 Å². The van der Waals surface area contributed by atoms with Crippen molar-refractivity contribution in [3.05, 3.63) is 82.4 Å². The van der Waals surface area contributed by atoms with E-state index < -0.39 is 17.3 Å². The van der Waals surface area contributed by atoms with Gasteiger partial charge in [-0.1, -0.05) is 35.9 Å². The molecule has 1 unspecified atom stereocenters. The van der Waals surface area contributed by atoms with E-state index in [9.17, 15) is 9.59 Å². The number of nitrogens with one attached hydrogen (secondary N) is 1. The van der Waals surface area contributed by atoms with Crippen LogP contribution in [0.2, 0.25) is 0 Å². The summed E-state index contributed by atoms with van der Waals surface area (Å²) in [6.07, 6.45) is 0. The van der Waals surface area contributed by atoms with Crippen LogP contribution < -0.4 is 15.8 Å². The lowest BCUT2D eigenvalue weighted by Gasteiger charge is -2.34. The Morgan fingerprint density at radius 2 is 1.97 bits per heavy atom. The second-order valence-electron chi connectivity index (χ2n) is 7.83. The number of fused-ring (bicyclic) bond motifs is 4. The van der Waals surface area contributed by atoms with Crippen LogP contribution in [0.4, 0.5) is 5.69 Å². The van der Waals surface area contributed by atoms with Crippen molar-refractivity contribution in [3.63, 3.8) is 0 Å². The van der Waals surface area contributed by atoms with Gasteiger partial charge in [0.2, 0.25) is 17.7 Å². The van der Waals surface area contributed by atoms with Gasteiger partial charge in [-0.3, -0.25) is 4.79 Å². The van der Waals surface area contributed by atoms with Gasteiger partial charge in [0.15, 0.2) is 0 Å². The lowest BCUT2D eigenvalue weighted by Crippen LogP contribution is -2.46. The second-order valence-corrected chi connectivity index (χ2v) is 7.83. The van der Waals surface area contributed by atoms with Crippen LogP contribution >= 0.6 is 0 Å². The van der Waals surface area contributed by atoms with Gasteiger partial charge in [-0.05, 0) is 39.0 Å². The normalized spacial score (nSPS) is 18.8. The third-order valence-electron chi connectivity index (χ3n) is 5.87. The Balaban J connectivity index is 1.89. The van der Waals surface area contributed by atoms with Gasteiger partial charge < -0.3 is 20.5 Å². The Morgan fingerprint density at radius 1 is 1.22 bits per heavy atom. The predicted octanol–water partition coefficient (Wildman–Crippen LogP) is 2.85. The molecule has 3 N–H and O–H groups in total. The number of hydrogen-bond acceptors (Lipinski definition) is 6. The Kier molecular flexibility index (Phi) is 4.33. The summed E-state index contributed by atoms with van der Waals surface area (Å²) in [6, 6.07) is 15.0. The molecule has 5 rings (SSSR count). The van der Waals surface area contributed by atoms with Crippen LogP contribution in [0, 0.1) is 13.8 Å². The molecule has 0 radical (unpaired) electrons. The van der Waals surface area contributed by atoms with E-state index in [4.69, 9.17) is 15.2 Å². The van der Waals surface area contributed by atoms with Crippen molar-refractivity contribution in [2.45, 2.75) is 26.2 Å². The Hall–Kier alpha value is -4.07. The molecule has 1 amide bonds. The molecule has 32 heavy (non-hydrogen) atoms. The number of esters is 1. The van der Waals surface area contributed by atoms with E-state index in [0.29, 0.717) is 28.4 Å². The monoisotopic (exact) mass is 430 g/mol. The summed E-state index contributed by atoms with van der Waals surface area (Å²) in [6.45, 7) is 5.54. The molecule has 1 spiro atoms. The van der Waals surface area contributed by atoms with Crippen molar-refractivity contribution in [3.8, 4) is 11.6 Å². The minimum absolute atomic E-state index is 0.0376. The number of anilines is 1. The Bertz CT molecular complexity index is 1310. The number of ether oxygens (including phenoxy) is 2. The summed E-state index contributed by atoms with van der Waals surface area (Å²) < 4.78 is 12.9. The second kappa shape index (κ2) is 6.98. The van der Waals surface area contributed by atoms with Gasteiger partial charge in [0.1, 0.15) is 11.0 Å². The minimum Gasteiger partial charge on any atom is -0.462 e. The first kappa shape index (κ1) is 19.9. The van der Waals surface area contributed by atoms with Gasteiger partial charge in [-0.25, -0.2) is 9.48 Å². The van der Waals surface area contributed by atoms with Crippen molar-refractivity contribution >= 4 is 17.6 Å². The Labute approximate surface area is 184 Å². The Morgan fingerprint density at radius 3 is 2.69 bits per heavy atom. The average molecular weight is 430 g/mol. The molecule has 0 fully saturated rings. The number of amides is 1. The zero-order valence-corrected chi connectivity index (χ0v) is 17.9. The number of nitrogens with two attached hydrogens (primary N) is 1. The highest BCUT2D eigenvalue weighted by Crippen LogP contribution is 2.55. The molecule has 2 aliphatic rings. The summed E-state index contributed by atoms with van der Waals surface area (Å²) in [5.74, 6) is -0.988. The van der Waals surface area contributed by atoms with Crippen LogP contribution in [0.5, 0.6) is 5.88 Å². The number of nitrogens with zero attached hydrogens (tertiary/aromatic N) is 2. The summed E-state index contributed by atoms with van der Waals surface area (Å²) >= 11 is 0. The van der Waals surface area contributed by atoms with Gasteiger partial charge in [-0.2, -0.15) is 5.10 Å². The number of aromatic nitrogens is 2. The van der Waals surface area contributed by atoms with E-state index in [2.05, 4.69) is 10.4 Å². The third kappa shape index (κ3) is 2.52. The molecular formula is C24H22N4O4. The molecule has 2 aromatic carbocycles. The van der Waals surface area contributed by atoms with E-state index in [0.717, 1.165) is 11.3 Å². The number of benzene rings is 2. The van der Waals surface area contributed by atoms with Crippen molar-refractivity contribution in [2.75, 3.05) is 11.9 Å². The molecule has 0 bridgehead atoms. The molecule has 162 valence electrons. The van der Waals surface area contributed by atoms with Gasteiger partial charge in [0, 0.05) is 11.3 Å². The number of carbonyl (C=O) groups excluding carboxylic acids is 2. The smallest absolute Gasteiger partial charge is 0.341 e. The fourth-order valence-electron chi connectivity index (χ4n) is 4.61. The predicted molar refractivity (Wildman–Crippen MR) is 117 cm³/mol. The van der Waals surface area contributed by atoms with Gasteiger partial charge in [-0.15, -0.1) is 0 Å². The zero-order chi connectivity index (χ0) is 22.6. The van der Waals surface area contributed by atoms with E-state index in [1.54, 1.807) is 18.5 Å². The zero-order valence-electron chi connectivity index (χ0n) is 17.9. The summed E-state index contributed by atoms with van der Waals surface area (Å²) in [4.78, 5) is 26.9. The molecule has 0 saturated heterocycles. The van der Waals surface area contributed by atoms with Crippen molar-refractivity contribution in [1.82, 2.24) is 9.78 Å². The molecule has 0 aliphatic carbocycles. The maximum absolute atomic E-state index is 13.7. The summed E-state index contributed by atoms with van der Waals surface area (Å²) in [5.41, 5.74) is 8.67. The number of aryl methyl sites for hydroxylation is 2. The molecule has 1 atom stereocenters. The molecule has 2 aliphatic heterocycles. The molecule has 8 nitrogen and oxygen atoms in total. The van der Waals surface area contributed by atoms with Crippen molar-refractivity contribution in [1.29, 1.82) is 0 Å². The molecule has 8 heteroatoms. The largest absolute Gasteiger partial charge is 0.462 e. The van der Waals surface area contributed by atoms with Crippen LogP contribution in [0.1, 0.15) is 29.3 Å². The topological polar surface area (TPSA) is 108 Å². The van der Waals surface area contributed by atoms with Crippen LogP contribution in [-0.2, 0) is 19.7 Å². The molecular weight excluding hydrogens is 408 g/mol. The first-order valence-electron chi connectivity index (χ1n) is 10.3.